The van der Waals surface area contributed by atoms with Crippen molar-refractivity contribution < 1.29 is 9.53 Å². The topological polar surface area (TPSA) is 29.5 Å². The Hall–Kier alpha value is -1.95. The zero-order chi connectivity index (χ0) is 14.7. The minimum absolute atomic E-state index is 0.0415. The standard InChI is InChI=1S/C17H21NO2/c1-5-15-9-16(19)18(10-15)14(4)11-20-17-12(2)7-6-8-13(17)3/h1,6-8,14-15H,9-11H2,2-4H3. The first-order valence-corrected chi connectivity index (χ1v) is 6.97. The summed E-state index contributed by atoms with van der Waals surface area (Å²) in [5.41, 5.74) is 2.23. The van der Waals surface area contributed by atoms with Crippen molar-refractivity contribution >= 4 is 5.91 Å². The molecule has 1 aliphatic heterocycles. The first-order chi connectivity index (χ1) is 9.52. The molecule has 20 heavy (non-hydrogen) atoms. The molecule has 1 amide bonds. The number of carbonyl (C=O) groups excluding carboxylic acids is 1. The first kappa shape index (κ1) is 14.5. The lowest BCUT2D eigenvalue weighted by Gasteiger charge is -2.25. The van der Waals surface area contributed by atoms with Crippen molar-refractivity contribution in [1.82, 2.24) is 4.90 Å². The van der Waals surface area contributed by atoms with Crippen LogP contribution in [0.25, 0.3) is 0 Å². The Morgan fingerprint density at radius 2 is 2.10 bits per heavy atom. The van der Waals surface area contributed by atoms with Crippen LogP contribution < -0.4 is 4.74 Å². The largest absolute Gasteiger partial charge is 0.491 e. The number of benzene rings is 1. The van der Waals surface area contributed by atoms with Gasteiger partial charge in [-0.15, -0.1) is 12.3 Å². The maximum atomic E-state index is 11.9. The molecule has 2 atom stereocenters. The third-order valence-corrected chi connectivity index (χ3v) is 3.80. The number of carbonyl (C=O) groups is 1. The van der Waals surface area contributed by atoms with Crippen molar-refractivity contribution in [2.45, 2.75) is 33.2 Å². The van der Waals surface area contributed by atoms with Crippen molar-refractivity contribution in [3.63, 3.8) is 0 Å². The number of hydrogen-bond donors (Lipinski definition) is 0. The van der Waals surface area contributed by atoms with E-state index >= 15 is 0 Å². The maximum Gasteiger partial charge on any atom is 0.224 e. The Labute approximate surface area is 120 Å². The minimum Gasteiger partial charge on any atom is -0.491 e. The van der Waals surface area contributed by atoms with Crippen LogP contribution in [0.15, 0.2) is 18.2 Å². The Kier molecular flexibility index (Phi) is 4.34. The number of nitrogens with zero attached hydrogens (tertiary/aromatic N) is 1. The third-order valence-electron chi connectivity index (χ3n) is 3.80. The smallest absolute Gasteiger partial charge is 0.224 e. The van der Waals surface area contributed by atoms with Crippen molar-refractivity contribution in [3.8, 4) is 18.1 Å². The van der Waals surface area contributed by atoms with E-state index in [0.717, 1.165) is 16.9 Å². The minimum atomic E-state index is 0.0415. The van der Waals surface area contributed by atoms with Crippen LogP contribution in [0.2, 0.25) is 0 Å². The van der Waals surface area contributed by atoms with Gasteiger partial charge in [0.15, 0.2) is 0 Å². The molecule has 0 spiro atoms. The molecule has 2 rings (SSSR count). The molecule has 1 heterocycles. The fraction of sp³-hybridized carbons (Fsp3) is 0.471. The fourth-order valence-corrected chi connectivity index (χ4v) is 2.59. The molecule has 1 aliphatic rings. The van der Waals surface area contributed by atoms with Crippen molar-refractivity contribution in [3.05, 3.63) is 29.3 Å². The molecule has 106 valence electrons. The third kappa shape index (κ3) is 2.96. The summed E-state index contributed by atoms with van der Waals surface area (Å²) < 4.78 is 5.91. The van der Waals surface area contributed by atoms with E-state index in [4.69, 9.17) is 11.2 Å². The molecule has 0 radical (unpaired) electrons. The van der Waals surface area contributed by atoms with Gasteiger partial charge in [0.1, 0.15) is 12.4 Å². The first-order valence-electron chi connectivity index (χ1n) is 6.97. The zero-order valence-electron chi connectivity index (χ0n) is 12.3. The Morgan fingerprint density at radius 3 is 2.65 bits per heavy atom. The van der Waals surface area contributed by atoms with Gasteiger partial charge in [0, 0.05) is 18.9 Å². The van der Waals surface area contributed by atoms with Gasteiger partial charge in [0.05, 0.1) is 6.04 Å². The summed E-state index contributed by atoms with van der Waals surface area (Å²) in [6.45, 7) is 7.20. The predicted molar refractivity (Wildman–Crippen MR) is 79.5 cm³/mol. The van der Waals surface area contributed by atoms with Crippen LogP contribution in [0.5, 0.6) is 5.75 Å². The van der Waals surface area contributed by atoms with Crippen LogP contribution in [-0.4, -0.2) is 30.0 Å². The second-order valence-electron chi connectivity index (χ2n) is 5.49. The highest BCUT2D eigenvalue weighted by molar-refractivity contribution is 5.79. The van der Waals surface area contributed by atoms with Crippen molar-refractivity contribution in [1.29, 1.82) is 0 Å². The Bertz CT molecular complexity index is 524. The van der Waals surface area contributed by atoms with Crippen LogP contribution >= 0.6 is 0 Å². The molecule has 1 aromatic rings. The predicted octanol–water partition coefficient (Wildman–Crippen LogP) is 2.55. The van der Waals surface area contributed by atoms with Gasteiger partial charge in [-0.25, -0.2) is 0 Å². The van der Waals surface area contributed by atoms with Crippen LogP contribution in [0, 0.1) is 32.1 Å². The second-order valence-corrected chi connectivity index (χ2v) is 5.49. The van der Waals surface area contributed by atoms with Gasteiger partial charge in [0.2, 0.25) is 5.91 Å². The van der Waals surface area contributed by atoms with E-state index in [1.54, 1.807) is 0 Å². The second kappa shape index (κ2) is 6.00. The van der Waals surface area contributed by atoms with Gasteiger partial charge < -0.3 is 9.64 Å². The van der Waals surface area contributed by atoms with Crippen LogP contribution in [0.3, 0.4) is 0 Å². The summed E-state index contributed by atoms with van der Waals surface area (Å²) in [7, 11) is 0. The molecular formula is C17H21NO2. The van der Waals surface area contributed by atoms with E-state index in [0.29, 0.717) is 19.6 Å². The van der Waals surface area contributed by atoms with E-state index < -0.39 is 0 Å². The monoisotopic (exact) mass is 271 g/mol. The summed E-state index contributed by atoms with van der Waals surface area (Å²) in [6, 6.07) is 6.12. The highest BCUT2D eigenvalue weighted by Crippen LogP contribution is 2.24. The number of amides is 1. The molecular weight excluding hydrogens is 250 g/mol. The summed E-state index contributed by atoms with van der Waals surface area (Å²) in [5, 5.41) is 0. The van der Waals surface area contributed by atoms with Gasteiger partial charge in [-0.1, -0.05) is 18.2 Å². The average Bonchev–Trinajstić information content (AvgIpc) is 2.79. The lowest BCUT2D eigenvalue weighted by Crippen LogP contribution is -2.38. The SMILES string of the molecule is C#CC1CC(=O)N(C(C)COc2c(C)cccc2C)C1. The van der Waals surface area contributed by atoms with Crippen LogP contribution in [-0.2, 0) is 4.79 Å². The fourth-order valence-electron chi connectivity index (χ4n) is 2.59. The number of hydrogen-bond acceptors (Lipinski definition) is 2. The molecule has 3 heteroatoms. The van der Waals surface area contributed by atoms with Gasteiger partial charge in [0.25, 0.3) is 0 Å². The van der Waals surface area contributed by atoms with E-state index in [9.17, 15) is 4.79 Å². The summed E-state index contributed by atoms with van der Waals surface area (Å²) >= 11 is 0. The molecule has 1 aromatic carbocycles. The van der Waals surface area contributed by atoms with Gasteiger partial charge in [-0.3, -0.25) is 4.79 Å². The molecule has 0 aromatic heterocycles. The average molecular weight is 271 g/mol. The normalized spacial score (nSPS) is 19.8. The number of aryl methyl sites for hydroxylation is 2. The highest BCUT2D eigenvalue weighted by Gasteiger charge is 2.31. The molecule has 3 nitrogen and oxygen atoms in total. The van der Waals surface area contributed by atoms with E-state index in [-0.39, 0.29) is 17.9 Å². The molecule has 1 saturated heterocycles. The summed E-state index contributed by atoms with van der Waals surface area (Å²) in [4.78, 5) is 13.7. The molecule has 0 aliphatic carbocycles. The maximum absolute atomic E-state index is 11.9. The number of terminal acetylenes is 1. The van der Waals surface area contributed by atoms with Crippen molar-refractivity contribution in [2.24, 2.45) is 5.92 Å². The quantitative estimate of drug-likeness (QED) is 0.788. The molecule has 0 N–H and O–H groups in total. The summed E-state index contributed by atoms with van der Waals surface area (Å²) in [5.74, 6) is 3.76. The molecule has 2 unspecified atom stereocenters. The number of rotatable bonds is 4. The molecule has 0 bridgehead atoms. The number of para-hydroxylation sites is 1. The van der Waals surface area contributed by atoms with Gasteiger partial charge in [-0.2, -0.15) is 0 Å². The van der Waals surface area contributed by atoms with E-state index in [1.807, 2.05) is 43.9 Å². The Morgan fingerprint density at radius 1 is 1.45 bits per heavy atom. The van der Waals surface area contributed by atoms with Gasteiger partial charge in [-0.05, 0) is 31.9 Å². The number of likely N-dealkylation sites (tertiary alicyclic amines) is 1. The Balaban J connectivity index is 1.98. The van der Waals surface area contributed by atoms with Crippen LogP contribution in [0.1, 0.15) is 24.5 Å². The zero-order valence-corrected chi connectivity index (χ0v) is 12.3. The molecule has 1 fully saturated rings. The van der Waals surface area contributed by atoms with E-state index in [1.165, 1.54) is 0 Å². The lowest BCUT2D eigenvalue weighted by molar-refractivity contribution is -0.129. The van der Waals surface area contributed by atoms with E-state index in [2.05, 4.69) is 5.92 Å². The van der Waals surface area contributed by atoms with Gasteiger partial charge >= 0.3 is 0 Å². The van der Waals surface area contributed by atoms with Crippen molar-refractivity contribution in [2.75, 3.05) is 13.2 Å². The highest BCUT2D eigenvalue weighted by atomic mass is 16.5. The number of ether oxygens (including phenoxy) is 1. The van der Waals surface area contributed by atoms with Crippen LogP contribution in [0.4, 0.5) is 0 Å². The lowest BCUT2D eigenvalue weighted by atomic mass is 10.1. The summed E-state index contributed by atoms with van der Waals surface area (Å²) in [6.07, 6.45) is 5.87. The molecule has 0 saturated carbocycles.